The summed E-state index contributed by atoms with van der Waals surface area (Å²) >= 11 is 0. The van der Waals surface area contributed by atoms with Gasteiger partial charge in [0.1, 0.15) is 25.0 Å². The van der Waals surface area contributed by atoms with E-state index in [1.54, 1.807) is 46.6 Å². The first-order valence-electron chi connectivity index (χ1n) is 13.7. The normalized spacial score (nSPS) is 23.0. The van der Waals surface area contributed by atoms with Crippen LogP contribution in [0.25, 0.3) is 0 Å². The number of amides is 1. The third-order valence-electron chi connectivity index (χ3n) is 7.86. The number of hydrogen-bond donors (Lipinski definition) is 0. The van der Waals surface area contributed by atoms with Crippen molar-refractivity contribution in [3.8, 4) is 11.5 Å². The number of hydrogen-bond acceptors (Lipinski definition) is 8. The first-order valence-corrected chi connectivity index (χ1v) is 13.7. The topological polar surface area (TPSA) is 72.9 Å². The Kier molecular flexibility index (Phi) is 9.94. The second kappa shape index (κ2) is 13.4. The largest absolute Gasteiger partial charge is 0.501 e. The second-order valence-corrected chi connectivity index (χ2v) is 10.2. The molecule has 39 heavy (non-hydrogen) atoms. The number of fused-ring (bicyclic) bond motifs is 1. The summed E-state index contributed by atoms with van der Waals surface area (Å²) in [5, 5.41) is 0. The Morgan fingerprint density at radius 2 is 1.74 bits per heavy atom. The maximum atomic E-state index is 13.8. The van der Waals surface area contributed by atoms with Crippen molar-refractivity contribution in [1.82, 2.24) is 14.7 Å². The summed E-state index contributed by atoms with van der Waals surface area (Å²) in [6, 6.07) is 5.33. The van der Waals surface area contributed by atoms with Crippen LogP contribution in [0.1, 0.15) is 37.0 Å². The molecule has 2 aliphatic heterocycles. The average Bonchev–Trinajstić information content (AvgIpc) is 3.11. The van der Waals surface area contributed by atoms with Crippen LogP contribution in [0.3, 0.4) is 0 Å². The minimum atomic E-state index is -0.0400. The molecule has 1 fully saturated rings. The smallest absolute Gasteiger partial charge is 0.254 e. The van der Waals surface area contributed by atoms with Crippen LogP contribution in [-0.4, -0.2) is 101 Å². The van der Waals surface area contributed by atoms with E-state index in [2.05, 4.69) is 35.8 Å². The van der Waals surface area contributed by atoms with Crippen molar-refractivity contribution in [2.45, 2.75) is 32.8 Å². The first-order chi connectivity index (χ1) is 18.9. The van der Waals surface area contributed by atoms with E-state index in [0.717, 1.165) is 25.3 Å². The quantitative estimate of drug-likeness (QED) is 0.537. The number of methoxy groups -OCH3 is 4. The first kappa shape index (κ1) is 29.0. The molecule has 1 aromatic rings. The van der Waals surface area contributed by atoms with Gasteiger partial charge in [-0.05, 0) is 35.9 Å². The Labute approximate surface area is 232 Å². The molecule has 0 spiro atoms. The monoisotopic (exact) mass is 541 g/mol. The number of carbonyl (C=O) groups excluding carboxylic acids is 1. The Hall–Kier alpha value is -3.01. The summed E-state index contributed by atoms with van der Waals surface area (Å²) in [5.41, 5.74) is 4.23. The van der Waals surface area contributed by atoms with E-state index in [0.29, 0.717) is 56.6 Å². The Balaban J connectivity index is 1.64. The minimum Gasteiger partial charge on any atom is -0.501 e. The zero-order valence-corrected chi connectivity index (χ0v) is 24.2. The van der Waals surface area contributed by atoms with Crippen molar-refractivity contribution in [2.75, 3.05) is 74.6 Å². The second-order valence-electron chi connectivity index (χ2n) is 10.2. The van der Waals surface area contributed by atoms with Crippen molar-refractivity contribution in [3.63, 3.8) is 0 Å². The number of nitrogens with zero attached hydrogens (tertiary/aromatic N) is 3. The summed E-state index contributed by atoms with van der Waals surface area (Å²) in [5.74, 6) is 2.26. The van der Waals surface area contributed by atoms with Gasteiger partial charge in [0.05, 0.1) is 33.2 Å². The number of benzene rings is 1. The van der Waals surface area contributed by atoms with Gasteiger partial charge in [0, 0.05) is 69.4 Å². The van der Waals surface area contributed by atoms with E-state index in [9.17, 15) is 4.79 Å². The Bertz CT molecular complexity index is 1090. The fourth-order valence-electron chi connectivity index (χ4n) is 5.61. The van der Waals surface area contributed by atoms with E-state index in [1.165, 1.54) is 16.8 Å². The SMILES string of the molecule is CCN1CCN(C(=O)c2cc(OC)cc(OC)c2)CCC2=CC(C)C3=C(C=C(OC)CC3OC)CN2COC1. The van der Waals surface area contributed by atoms with Crippen molar-refractivity contribution < 1.29 is 28.5 Å². The predicted octanol–water partition coefficient (Wildman–Crippen LogP) is 3.88. The van der Waals surface area contributed by atoms with Gasteiger partial charge in [0.2, 0.25) is 0 Å². The molecular formula is C30H43N3O6. The van der Waals surface area contributed by atoms with E-state index in [4.69, 9.17) is 23.7 Å². The van der Waals surface area contributed by atoms with Gasteiger partial charge < -0.3 is 33.5 Å². The average molecular weight is 542 g/mol. The zero-order valence-electron chi connectivity index (χ0n) is 24.2. The molecule has 2 atom stereocenters. The van der Waals surface area contributed by atoms with Gasteiger partial charge in [-0.25, -0.2) is 0 Å². The summed E-state index contributed by atoms with van der Waals surface area (Å²) in [4.78, 5) is 20.3. The lowest BCUT2D eigenvalue weighted by Crippen LogP contribution is -2.39. The molecule has 9 heteroatoms. The molecule has 0 saturated carbocycles. The minimum absolute atomic E-state index is 0.0242. The van der Waals surface area contributed by atoms with Crippen LogP contribution in [-0.2, 0) is 14.2 Å². The molecule has 0 radical (unpaired) electrons. The molecule has 1 aliphatic carbocycles. The van der Waals surface area contributed by atoms with Crippen molar-refractivity contribution in [2.24, 2.45) is 5.92 Å². The Morgan fingerprint density at radius 3 is 2.38 bits per heavy atom. The number of carbonyl (C=O) groups is 1. The molecule has 9 nitrogen and oxygen atoms in total. The highest BCUT2D eigenvalue weighted by Gasteiger charge is 2.32. The van der Waals surface area contributed by atoms with Gasteiger partial charge in [-0.3, -0.25) is 9.69 Å². The summed E-state index contributed by atoms with van der Waals surface area (Å²) in [7, 11) is 6.67. The zero-order chi connectivity index (χ0) is 27.9. The number of ether oxygens (including phenoxy) is 5. The van der Waals surface area contributed by atoms with Crippen molar-refractivity contribution in [3.05, 3.63) is 58.5 Å². The third-order valence-corrected chi connectivity index (χ3v) is 7.86. The van der Waals surface area contributed by atoms with Crippen molar-refractivity contribution in [1.29, 1.82) is 0 Å². The van der Waals surface area contributed by atoms with Crippen LogP contribution in [0, 0.1) is 5.92 Å². The van der Waals surface area contributed by atoms with Gasteiger partial charge >= 0.3 is 0 Å². The van der Waals surface area contributed by atoms with Crippen LogP contribution in [0.5, 0.6) is 11.5 Å². The van der Waals surface area contributed by atoms with Gasteiger partial charge in [-0.2, -0.15) is 0 Å². The molecular weight excluding hydrogens is 498 g/mol. The molecule has 1 aromatic carbocycles. The molecule has 214 valence electrons. The third kappa shape index (κ3) is 6.77. The van der Waals surface area contributed by atoms with E-state index in [-0.39, 0.29) is 17.9 Å². The molecule has 1 amide bonds. The highest BCUT2D eigenvalue weighted by Crippen LogP contribution is 2.36. The maximum Gasteiger partial charge on any atom is 0.254 e. The van der Waals surface area contributed by atoms with Crippen LogP contribution >= 0.6 is 0 Å². The molecule has 1 saturated heterocycles. The van der Waals surface area contributed by atoms with Crippen LogP contribution in [0.4, 0.5) is 0 Å². The molecule has 2 unspecified atom stereocenters. The molecule has 2 heterocycles. The molecule has 4 rings (SSSR count). The fraction of sp³-hybridized carbons (Fsp3) is 0.567. The summed E-state index contributed by atoms with van der Waals surface area (Å²) in [6.45, 7) is 8.74. The van der Waals surface area contributed by atoms with Crippen LogP contribution < -0.4 is 9.47 Å². The fourth-order valence-corrected chi connectivity index (χ4v) is 5.61. The lowest BCUT2D eigenvalue weighted by Gasteiger charge is -2.31. The van der Waals surface area contributed by atoms with Gasteiger partial charge in [-0.1, -0.05) is 19.9 Å². The lowest BCUT2D eigenvalue weighted by molar-refractivity contribution is -0.0155. The van der Waals surface area contributed by atoms with Crippen LogP contribution in [0.15, 0.2) is 53.0 Å². The number of rotatable bonds is 6. The highest BCUT2D eigenvalue weighted by atomic mass is 16.5. The van der Waals surface area contributed by atoms with Gasteiger partial charge in [0.25, 0.3) is 5.91 Å². The Morgan fingerprint density at radius 1 is 1.00 bits per heavy atom. The van der Waals surface area contributed by atoms with Crippen molar-refractivity contribution >= 4 is 5.91 Å². The van der Waals surface area contributed by atoms with Crippen LogP contribution in [0.2, 0.25) is 0 Å². The van der Waals surface area contributed by atoms with E-state index in [1.807, 2.05) is 4.90 Å². The molecule has 0 bridgehead atoms. The maximum absolute atomic E-state index is 13.8. The van der Waals surface area contributed by atoms with Gasteiger partial charge in [-0.15, -0.1) is 0 Å². The number of allylic oxidation sites excluding steroid dienone is 1. The summed E-state index contributed by atoms with van der Waals surface area (Å²) < 4.78 is 28.6. The number of likely N-dealkylation sites (N-methyl/N-ethyl adjacent to an activating group) is 1. The molecule has 3 aliphatic rings. The summed E-state index contributed by atoms with van der Waals surface area (Å²) in [6.07, 6.45) is 5.90. The standard InChI is InChI=1S/C30H43N3O6/c1-7-31-10-11-32(30(34)22-13-25(35-3)16-26(14-22)36-4)9-8-24-12-21(2)29-23(18-33(24)20-39-19-31)15-27(37-5)17-28(29)38-6/h12-16,21,28H,7-11,17-20H2,1-6H3. The lowest BCUT2D eigenvalue weighted by atomic mass is 9.85. The van der Waals surface area contributed by atoms with Gasteiger partial charge in [0.15, 0.2) is 0 Å². The molecule has 0 N–H and O–H groups in total. The highest BCUT2D eigenvalue weighted by molar-refractivity contribution is 5.95. The van der Waals surface area contributed by atoms with E-state index < -0.39 is 0 Å². The predicted molar refractivity (Wildman–Crippen MR) is 150 cm³/mol. The molecule has 0 aromatic heterocycles. The van der Waals surface area contributed by atoms with E-state index >= 15 is 0 Å².